The van der Waals surface area contributed by atoms with Crippen molar-refractivity contribution < 1.29 is 9.18 Å². The Morgan fingerprint density at radius 2 is 2.10 bits per heavy atom. The van der Waals surface area contributed by atoms with E-state index in [0.29, 0.717) is 19.0 Å². The molecule has 0 atom stereocenters. The van der Waals surface area contributed by atoms with Gasteiger partial charge in [-0.15, -0.1) is 0 Å². The minimum Gasteiger partial charge on any atom is -0.370 e. The number of guanidine groups is 1. The second kappa shape index (κ2) is 7.87. The van der Waals surface area contributed by atoms with Gasteiger partial charge in [0.1, 0.15) is 5.82 Å². The molecule has 0 radical (unpaired) electrons. The number of nitrogens with one attached hydrogen (secondary N) is 1. The molecule has 1 aliphatic rings. The van der Waals surface area contributed by atoms with Crippen LogP contribution >= 0.6 is 11.8 Å². The number of nitrogens with two attached hydrogens (primary N) is 1. The number of hydrogen-bond donors (Lipinski definition) is 2. The van der Waals surface area contributed by atoms with Crippen LogP contribution in [0.5, 0.6) is 0 Å². The fourth-order valence-corrected chi connectivity index (χ4v) is 2.88. The van der Waals surface area contributed by atoms with Crippen molar-refractivity contribution in [1.29, 1.82) is 0 Å². The van der Waals surface area contributed by atoms with Gasteiger partial charge in [0.15, 0.2) is 5.96 Å². The van der Waals surface area contributed by atoms with Crippen molar-refractivity contribution in [2.24, 2.45) is 10.7 Å². The average molecular weight is 310 g/mol. The zero-order valence-corrected chi connectivity index (χ0v) is 12.5. The van der Waals surface area contributed by atoms with Gasteiger partial charge in [-0.2, -0.15) is 11.8 Å². The molecule has 1 aliphatic heterocycles. The lowest BCUT2D eigenvalue weighted by atomic mass is 10.2. The first-order valence-corrected chi connectivity index (χ1v) is 7.99. The smallest absolute Gasteiger partial charge is 0.254 e. The van der Waals surface area contributed by atoms with Gasteiger partial charge in [-0.3, -0.25) is 9.79 Å². The van der Waals surface area contributed by atoms with Crippen LogP contribution in [-0.4, -0.2) is 54.5 Å². The van der Waals surface area contributed by atoms with E-state index < -0.39 is 11.7 Å². The minimum atomic E-state index is -0.524. The molecular formula is C14H19FN4OS. The predicted octanol–water partition coefficient (Wildman–Crippen LogP) is 0.919. The maximum absolute atomic E-state index is 13.4. The Labute approximate surface area is 127 Å². The number of benzene rings is 1. The van der Waals surface area contributed by atoms with Crippen LogP contribution in [0.15, 0.2) is 29.3 Å². The molecule has 3 N–H and O–H groups in total. The minimum absolute atomic E-state index is 0.0440. The van der Waals surface area contributed by atoms with Crippen molar-refractivity contribution in [1.82, 2.24) is 10.2 Å². The summed E-state index contributed by atoms with van der Waals surface area (Å²) in [5.41, 5.74) is 5.94. The Balaban J connectivity index is 1.76. The second-order valence-electron chi connectivity index (χ2n) is 4.58. The number of halogens is 1. The van der Waals surface area contributed by atoms with Crippen molar-refractivity contribution in [3.63, 3.8) is 0 Å². The highest BCUT2D eigenvalue weighted by Crippen LogP contribution is 2.08. The molecule has 21 heavy (non-hydrogen) atoms. The first-order chi connectivity index (χ1) is 10.2. The lowest BCUT2D eigenvalue weighted by Crippen LogP contribution is -2.43. The lowest BCUT2D eigenvalue weighted by molar-refractivity contribution is 0.0951. The molecule has 1 heterocycles. The van der Waals surface area contributed by atoms with E-state index in [4.69, 9.17) is 5.73 Å². The predicted molar refractivity (Wildman–Crippen MR) is 84.1 cm³/mol. The molecule has 0 saturated carbocycles. The topological polar surface area (TPSA) is 70.7 Å². The van der Waals surface area contributed by atoms with Gasteiger partial charge in [0, 0.05) is 31.1 Å². The van der Waals surface area contributed by atoms with Crippen LogP contribution in [0, 0.1) is 5.82 Å². The van der Waals surface area contributed by atoms with E-state index in [1.54, 1.807) is 12.1 Å². The highest BCUT2D eigenvalue weighted by molar-refractivity contribution is 7.99. The van der Waals surface area contributed by atoms with Crippen LogP contribution in [0.1, 0.15) is 10.4 Å². The van der Waals surface area contributed by atoms with Gasteiger partial charge in [0.25, 0.3) is 5.91 Å². The Morgan fingerprint density at radius 1 is 1.38 bits per heavy atom. The molecule has 0 aromatic heterocycles. The van der Waals surface area contributed by atoms with Gasteiger partial charge in [0.05, 0.1) is 12.1 Å². The molecule has 1 aromatic carbocycles. The van der Waals surface area contributed by atoms with Crippen LogP contribution in [0.25, 0.3) is 0 Å². The van der Waals surface area contributed by atoms with Crippen molar-refractivity contribution in [3.8, 4) is 0 Å². The molecule has 0 unspecified atom stereocenters. The standard InChI is InChI=1S/C14H19FN4OS/c15-12-4-2-1-3-11(12)13(20)17-5-6-18-14(16)19-7-9-21-10-8-19/h1-4H,5-10H2,(H2,16,18)(H,17,20). The summed E-state index contributed by atoms with van der Waals surface area (Å²) in [6.45, 7) is 2.52. The van der Waals surface area contributed by atoms with Gasteiger partial charge in [-0.25, -0.2) is 4.39 Å². The van der Waals surface area contributed by atoms with Crippen LogP contribution in [0.2, 0.25) is 0 Å². The zero-order chi connectivity index (χ0) is 15.1. The molecule has 1 fully saturated rings. The van der Waals surface area contributed by atoms with Crippen LogP contribution in [-0.2, 0) is 0 Å². The number of aliphatic imine (C=N–C) groups is 1. The summed E-state index contributed by atoms with van der Waals surface area (Å²) >= 11 is 1.90. The summed E-state index contributed by atoms with van der Waals surface area (Å²) in [6, 6.07) is 5.89. The molecule has 0 bridgehead atoms. The molecule has 7 heteroatoms. The average Bonchev–Trinajstić information content (AvgIpc) is 2.52. The summed E-state index contributed by atoms with van der Waals surface area (Å²) in [7, 11) is 0. The van der Waals surface area contributed by atoms with E-state index in [1.807, 2.05) is 16.7 Å². The number of carbonyl (C=O) groups excluding carboxylic acids is 1. The largest absolute Gasteiger partial charge is 0.370 e. The Hall–Kier alpha value is -1.76. The quantitative estimate of drug-likeness (QED) is 0.493. The van der Waals surface area contributed by atoms with Crippen LogP contribution in [0.3, 0.4) is 0 Å². The second-order valence-corrected chi connectivity index (χ2v) is 5.80. The van der Waals surface area contributed by atoms with E-state index in [2.05, 4.69) is 10.3 Å². The monoisotopic (exact) mass is 310 g/mol. The number of carbonyl (C=O) groups is 1. The maximum atomic E-state index is 13.4. The van der Waals surface area contributed by atoms with E-state index >= 15 is 0 Å². The first kappa shape index (κ1) is 15.6. The van der Waals surface area contributed by atoms with Gasteiger partial charge in [-0.05, 0) is 12.1 Å². The third-order valence-corrected chi connectivity index (χ3v) is 4.07. The summed E-state index contributed by atoms with van der Waals surface area (Å²) in [5, 5.41) is 2.63. The molecule has 114 valence electrons. The van der Waals surface area contributed by atoms with Crippen molar-refractivity contribution in [3.05, 3.63) is 35.6 Å². The molecule has 5 nitrogen and oxygen atoms in total. The van der Waals surface area contributed by atoms with Crippen LogP contribution in [0.4, 0.5) is 4.39 Å². The Morgan fingerprint density at radius 3 is 2.81 bits per heavy atom. The summed E-state index contributed by atoms with van der Waals surface area (Å²) in [5.74, 6) is 1.66. The van der Waals surface area contributed by atoms with E-state index in [9.17, 15) is 9.18 Å². The Kier molecular flexibility index (Phi) is 5.86. The fourth-order valence-electron chi connectivity index (χ4n) is 1.97. The molecule has 0 aliphatic carbocycles. The molecule has 1 amide bonds. The first-order valence-electron chi connectivity index (χ1n) is 6.84. The van der Waals surface area contributed by atoms with Gasteiger partial charge >= 0.3 is 0 Å². The van der Waals surface area contributed by atoms with Gasteiger partial charge in [-0.1, -0.05) is 12.1 Å². The van der Waals surface area contributed by atoms with Gasteiger partial charge in [0.2, 0.25) is 0 Å². The number of nitrogens with zero attached hydrogens (tertiary/aromatic N) is 2. The van der Waals surface area contributed by atoms with E-state index in [0.717, 1.165) is 24.6 Å². The normalized spacial score (nSPS) is 15.9. The highest BCUT2D eigenvalue weighted by Gasteiger charge is 2.12. The molecule has 1 aromatic rings. The molecule has 0 spiro atoms. The SMILES string of the molecule is NC(=NCCNC(=O)c1ccccc1F)N1CCSCC1. The third kappa shape index (κ3) is 4.63. The Bertz CT molecular complexity index is 517. The number of rotatable bonds is 4. The van der Waals surface area contributed by atoms with Crippen LogP contribution < -0.4 is 11.1 Å². The molecule has 2 rings (SSSR count). The maximum Gasteiger partial charge on any atom is 0.254 e. The third-order valence-electron chi connectivity index (χ3n) is 3.12. The number of amides is 1. The summed E-state index contributed by atoms with van der Waals surface area (Å²) < 4.78 is 13.4. The molecule has 1 saturated heterocycles. The van der Waals surface area contributed by atoms with Gasteiger partial charge < -0.3 is 16.0 Å². The number of hydrogen-bond acceptors (Lipinski definition) is 3. The number of thioether (sulfide) groups is 1. The fraction of sp³-hybridized carbons (Fsp3) is 0.429. The van der Waals surface area contributed by atoms with Crippen molar-refractivity contribution >= 4 is 23.6 Å². The van der Waals surface area contributed by atoms with Crippen molar-refractivity contribution in [2.45, 2.75) is 0 Å². The molecular weight excluding hydrogens is 291 g/mol. The zero-order valence-electron chi connectivity index (χ0n) is 11.7. The lowest BCUT2D eigenvalue weighted by Gasteiger charge is -2.27. The summed E-state index contributed by atoms with van der Waals surface area (Å²) in [4.78, 5) is 18.0. The van der Waals surface area contributed by atoms with E-state index in [1.165, 1.54) is 12.1 Å². The van der Waals surface area contributed by atoms with E-state index in [-0.39, 0.29) is 5.56 Å². The van der Waals surface area contributed by atoms with Crippen molar-refractivity contribution in [2.75, 3.05) is 37.7 Å². The highest BCUT2D eigenvalue weighted by atomic mass is 32.2. The summed E-state index contributed by atoms with van der Waals surface area (Å²) in [6.07, 6.45) is 0.